The Labute approximate surface area is 82.6 Å². The third kappa shape index (κ3) is 1.84. The molecule has 1 aliphatic carbocycles. The summed E-state index contributed by atoms with van der Waals surface area (Å²) < 4.78 is 5.58. The molecular weight excluding hydrogens is 178 g/mol. The van der Waals surface area contributed by atoms with Crippen LogP contribution in [0, 0.1) is 5.41 Å². The zero-order valence-corrected chi connectivity index (χ0v) is 7.86. The molecular formula is C10H13N3O. The van der Waals surface area contributed by atoms with Crippen molar-refractivity contribution in [1.82, 2.24) is 4.98 Å². The quantitative estimate of drug-likeness (QED) is 0.558. The number of hydrogen-bond donors (Lipinski definition) is 2. The van der Waals surface area contributed by atoms with Crippen LogP contribution in [0.15, 0.2) is 18.2 Å². The van der Waals surface area contributed by atoms with Gasteiger partial charge in [-0.1, -0.05) is 6.07 Å². The minimum atomic E-state index is -0.0240. The van der Waals surface area contributed by atoms with Crippen molar-refractivity contribution in [3.8, 4) is 5.88 Å². The minimum Gasteiger partial charge on any atom is -0.474 e. The zero-order chi connectivity index (χ0) is 9.97. The number of nitrogens with two attached hydrogens (primary N) is 1. The number of aromatic nitrogens is 1. The van der Waals surface area contributed by atoms with Crippen molar-refractivity contribution >= 4 is 5.84 Å². The molecule has 0 radical (unpaired) electrons. The lowest BCUT2D eigenvalue weighted by atomic mass is 9.96. The summed E-state index contributed by atoms with van der Waals surface area (Å²) in [5, 5.41) is 7.23. The van der Waals surface area contributed by atoms with E-state index >= 15 is 0 Å². The fraction of sp³-hybridized carbons (Fsp3) is 0.400. The molecule has 1 fully saturated rings. The molecule has 3 N–H and O–H groups in total. The maximum atomic E-state index is 7.23. The Hall–Kier alpha value is -1.58. The Balaban J connectivity index is 2.09. The molecule has 1 heterocycles. The summed E-state index contributed by atoms with van der Waals surface area (Å²) in [6.45, 7) is 0. The topological polar surface area (TPSA) is 72.0 Å². The van der Waals surface area contributed by atoms with Crippen molar-refractivity contribution in [3.05, 3.63) is 23.9 Å². The van der Waals surface area contributed by atoms with Gasteiger partial charge in [-0.25, -0.2) is 4.98 Å². The summed E-state index contributed by atoms with van der Waals surface area (Å²) in [4.78, 5) is 4.12. The molecule has 0 atom stereocenters. The first-order chi connectivity index (χ1) is 6.75. The Morgan fingerprint density at radius 1 is 1.50 bits per heavy atom. The van der Waals surface area contributed by atoms with Crippen LogP contribution in [0.4, 0.5) is 0 Å². The summed E-state index contributed by atoms with van der Waals surface area (Å²) in [7, 11) is 0. The summed E-state index contributed by atoms with van der Waals surface area (Å²) in [6.07, 6.45) is 3.75. The molecule has 0 bridgehead atoms. The molecule has 14 heavy (non-hydrogen) atoms. The summed E-state index contributed by atoms with van der Waals surface area (Å²) in [6, 6.07) is 5.30. The third-order valence-electron chi connectivity index (χ3n) is 2.34. The molecule has 2 rings (SSSR count). The van der Waals surface area contributed by atoms with Crippen molar-refractivity contribution in [2.24, 2.45) is 5.73 Å². The van der Waals surface area contributed by atoms with Gasteiger partial charge in [0.15, 0.2) is 0 Å². The van der Waals surface area contributed by atoms with Crippen molar-refractivity contribution < 1.29 is 4.74 Å². The van der Waals surface area contributed by atoms with Gasteiger partial charge in [-0.05, 0) is 25.3 Å². The number of hydrogen-bond acceptors (Lipinski definition) is 3. The number of rotatable bonds is 3. The van der Waals surface area contributed by atoms with Gasteiger partial charge in [0.05, 0.1) is 0 Å². The molecule has 0 amide bonds. The average molecular weight is 191 g/mol. The molecule has 0 unspecified atom stereocenters. The van der Waals surface area contributed by atoms with Gasteiger partial charge < -0.3 is 10.5 Å². The first-order valence-corrected chi connectivity index (χ1v) is 4.74. The second-order valence-electron chi connectivity index (χ2n) is 3.45. The molecule has 0 aliphatic heterocycles. The molecule has 0 saturated heterocycles. The number of nitrogens with zero attached hydrogens (tertiary/aromatic N) is 1. The fourth-order valence-electron chi connectivity index (χ4n) is 1.29. The van der Waals surface area contributed by atoms with Crippen LogP contribution in [0.25, 0.3) is 0 Å². The van der Waals surface area contributed by atoms with Gasteiger partial charge in [-0.3, -0.25) is 5.41 Å². The number of nitrogen functional groups attached to an aromatic ring is 1. The number of pyridine rings is 1. The smallest absolute Gasteiger partial charge is 0.214 e. The average Bonchev–Trinajstić information content (AvgIpc) is 2.12. The van der Waals surface area contributed by atoms with E-state index < -0.39 is 0 Å². The highest BCUT2D eigenvalue weighted by Crippen LogP contribution is 2.23. The lowest BCUT2D eigenvalue weighted by Gasteiger charge is -2.25. The highest BCUT2D eigenvalue weighted by molar-refractivity contribution is 5.93. The van der Waals surface area contributed by atoms with Crippen LogP contribution in [0.2, 0.25) is 0 Å². The van der Waals surface area contributed by atoms with Crippen LogP contribution in [-0.2, 0) is 0 Å². The van der Waals surface area contributed by atoms with Crippen molar-refractivity contribution in [1.29, 1.82) is 5.41 Å². The van der Waals surface area contributed by atoms with Crippen LogP contribution >= 0.6 is 0 Å². The second kappa shape index (κ2) is 3.65. The van der Waals surface area contributed by atoms with Crippen LogP contribution in [0.3, 0.4) is 0 Å². The summed E-state index contributed by atoms with van der Waals surface area (Å²) in [5.41, 5.74) is 5.80. The molecule has 1 aromatic rings. The van der Waals surface area contributed by atoms with Gasteiger partial charge >= 0.3 is 0 Å². The Morgan fingerprint density at radius 3 is 2.86 bits per heavy atom. The molecule has 4 nitrogen and oxygen atoms in total. The van der Waals surface area contributed by atoms with Crippen LogP contribution in [0.1, 0.15) is 25.0 Å². The van der Waals surface area contributed by atoms with Crippen molar-refractivity contribution in [2.45, 2.75) is 25.4 Å². The van der Waals surface area contributed by atoms with Gasteiger partial charge in [0.1, 0.15) is 17.6 Å². The van der Waals surface area contributed by atoms with E-state index in [1.54, 1.807) is 18.2 Å². The predicted octanol–water partition coefficient (Wildman–Crippen LogP) is 1.30. The lowest BCUT2D eigenvalue weighted by Crippen LogP contribution is -2.25. The van der Waals surface area contributed by atoms with E-state index in [4.69, 9.17) is 15.9 Å². The molecule has 4 heteroatoms. The largest absolute Gasteiger partial charge is 0.474 e. The lowest BCUT2D eigenvalue weighted by molar-refractivity contribution is 0.114. The molecule has 1 saturated carbocycles. The molecule has 74 valence electrons. The molecule has 0 spiro atoms. The predicted molar refractivity (Wildman–Crippen MR) is 53.5 cm³/mol. The Morgan fingerprint density at radius 2 is 2.29 bits per heavy atom. The van der Waals surface area contributed by atoms with Gasteiger partial charge in [0.2, 0.25) is 5.88 Å². The highest BCUT2D eigenvalue weighted by Gasteiger charge is 2.19. The van der Waals surface area contributed by atoms with Crippen LogP contribution < -0.4 is 10.5 Å². The second-order valence-corrected chi connectivity index (χ2v) is 3.45. The third-order valence-corrected chi connectivity index (χ3v) is 2.34. The highest BCUT2D eigenvalue weighted by atomic mass is 16.5. The van der Waals surface area contributed by atoms with E-state index in [2.05, 4.69) is 4.98 Å². The van der Waals surface area contributed by atoms with Crippen molar-refractivity contribution in [2.75, 3.05) is 0 Å². The van der Waals surface area contributed by atoms with Crippen molar-refractivity contribution in [3.63, 3.8) is 0 Å². The SMILES string of the molecule is N=C(N)c1cccc(OC2CCC2)n1. The van der Waals surface area contributed by atoms with Gasteiger partial charge in [0.25, 0.3) is 0 Å². The maximum Gasteiger partial charge on any atom is 0.214 e. The van der Waals surface area contributed by atoms with Gasteiger partial charge in [0, 0.05) is 6.07 Å². The number of nitrogens with one attached hydrogen (secondary N) is 1. The summed E-state index contributed by atoms with van der Waals surface area (Å²) >= 11 is 0. The molecule has 0 aromatic carbocycles. The van der Waals surface area contributed by atoms with Crippen LogP contribution in [-0.4, -0.2) is 16.9 Å². The number of ether oxygens (including phenoxy) is 1. The zero-order valence-electron chi connectivity index (χ0n) is 7.86. The first-order valence-electron chi connectivity index (χ1n) is 4.74. The minimum absolute atomic E-state index is 0.0240. The van der Waals surface area contributed by atoms with Gasteiger partial charge in [-0.15, -0.1) is 0 Å². The standard InChI is InChI=1S/C10H13N3O/c11-10(12)8-5-2-6-9(13-8)14-7-3-1-4-7/h2,5-7H,1,3-4H2,(H3,11,12). The Kier molecular flexibility index (Phi) is 2.35. The normalized spacial score (nSPS) is 16.0. The van der Waals surface area contributed by atoms with E-state index in [0.29, 0.717) is 17.7 Å². The van der Waals surface area contributed by atoms with E-state index in [9.17, 15) is 0 Å². The van der Waals surface area contributed by atoms with E-state index in [0.717, 1.165) is 12.8 Å². The Bertz CT molecular complexity index is 347. The van der Waals surface area contributed by atoms with E-state index in [1.807, 2.05) is 0 Å². The molecule has 1 aromatic heterocycles. The van der Waals surface area contributed by atoms with Crippen LogP contribution in [0.5, 0.6) is 5.88 Å². The maximum absolute atomic E-state index is 7.23. The monoisotopic (exact) mass is 191 g/mol. The summed E-state index contributed by atoms with van der Waals surface area (Å²) in [5.74, 6) is 0.548. The molecule has 1 aliphatic rings. The fourth-order valence-corrected chi connectivity index (χ4v) is 1.29. The van der Waals surface area contributed by atoms with E-state index in [1.165, 1.54) is 6.42 Å². The first kappa shape index (κ1) is 8.99. The van der Waals surface area contributed by atoms with Gasteiger partial charge in [-0.2, -0.15) is 0 Å². The van der Waals surface area contributed by atoms with E-state index in [-0.39, 0.29) is 5.84 Å². The number of amidine groups is 1.